The van der Waals surface area contributed by atoms with Crippen LogP contribution in [0.3, 0.4) is 0 Å². The van der Waals surface area contributed by atoms with E-state index in [0.29, 0.717) is 11.5 Å². The molecule has 4 aromatic rings. The van der Waals surface area contributed by atoms with E-state index < -0.39 is 0 Å². The largest absolute Gasteiger partial charge is 0.486 e. The molecule has 0 saturated carbocycles. The van der Waals surface area contributed by atoms with Gasteiger partial charge in [-0.15, -0.1) is 10.2 Å². The molecule has 0 aliphatic carbocycles. The SMILES string of the molecule is CCn1c(COc2ccc(F)cc2)nnc1SCc1cn2ccccc2n1. The topological polar surface area (TPSA) is 57.2 Å². The van der Waals surface area contributed by atoms with Crippen LogP contribution in [-0.4, -0.2) is 24.1 Å². The average molecular weight is 383 g/mol. The summed E-state index contributed by atoms with van der Waals surface area (Å²) in [6.45, 7) is 3.06. The molecule has 4 rings (SSSR count). The molecule has 0 saturated heterocycles. The highest BCUT2D eigenvalue weighted by atomic mass is 32.2. The average Bonchev–Trinajstić information content (AvgIpc) is 3.28. The molecule has 0 fully saturated rings. The van der Waals surface area contributed by atoms with Gasteiger partial charge in [-0.25, -0.2) is 9.37 Å². The highest BCUT2D eigenvalue weighted by molar-refractivity contribution is 7.98. The number of rotatable bonds is 7. The van der Waals surface area contributed by atoms with Crippen LogP contribution in [0, 0.1) is 5.82 Å². The second kappa shape index (κ2) is 7.79. The van der Waals surface area contributed by atoms with Gasteiger partial charge in [0.05, 0.1) is 5.69 Å². The summed E-state index contributed by atoms with van der Waals surface area (Å²) in [5.41, 5.74) is 1.92. The lowest BCUT2D eigenvalue weighted by Crippen LogP contribution is -2.07. The Morgan fingerprint density at radius 1 is 1.11 bits per heavy atom. The zero-order chi connectivity index (χ0) is 18.6. The van der Waals surface area contributed by atoms with E-state index in [9.17, 15) is 4.39 Å². The quantitative estimate of drug-likeness (QED) is 0.452. The number of aromatic nitrogens is 5. The van der Waals surface area contributed by atoms with E-state index in [1.54, 1.807) is 23.9 Å². The van der Waals surface area contributed by atoms with E-state index in [4.69, 9.17) is 4.74 Å². The standard InChI is InChI=1S/C19H18FN5OS/c1-2-25-18(12-26-16-8-6-14(20)7-9-16)22-23-19(25)27-13-15-11-24-10-4-3-5-17(24)21-15/h3-11H,2,12-13H2,1H3. The molecule has 0 unspecified atom stereocenters. The number of nitrogens with zero attached hydrogens (tertiary/aromatic N) is 5. The fourth-order valence-electron chi connectivity index (χ4n) is 2.72. The van der Waals surface area contributed by atoms with Gasteiger partial charge in [0, 0.05) is 24.7 Å². The van der Waals surface area contributed by atoms with Crippen molar-refractivity contribution in [1.29, 1.82) is 0 Å². The third kappa shape index (κ3) is 3.95. The molecule has 6 nitrogen and oxygen atoms in total. The molecule has 0 spiro atoms. The van der Waals surface area contributed by atoms with Crippen LogP contribution in [0.1, 0.15) is 18.4 Å². The third-order valence-electron chi connectivity index (χ3n) is 4.05. The number of benzene rings is 1. The van der Waals surface area contributed by atoms with Gasteiger partial charge in [-0.3, -0.25) is 0 Å². The first-order chi connectivity index (χ1) is 13.2. The van der Waals surface area contributed by atoms with Crippen LogP contribution >= 0.6 is 11.8 Å². The Hall–Kier alpha value is -2.87. The van der Waals surface area contributed by atoms with Crippen molar-refractivity contribution in [2.75, 3.05) is 0 Å². The molecule has 8 heteroatoms. The van der Waals surface area contributed by atoms with Crippen molar-refractivity contribution >= 4 is 17.4 Å². The second-order valence-corrected chi connectivity index (χ2v) is 6.82. The van der Waals surface area contributed by atoms with Crippen molar-refractivity contribution in [3.63, 3.8) is 0 Å². The molecule has 3 heterocycles. The molecule has 0 aliphatic rings. The Morgan fingerprint density at radius 2 is 1.96 bits per heavy atom. The summed E-state index contributed by atoms with van der Waals surface area (Å²) < 4.78 is 22.7. The van der Waals surface area contributed by atoms with Gasteiger partial charge in [0.2, 0.25) is 0 Å². The van der Waals surface area contributed by atoms with Crippen molar-refractivity contribution in [1.82, 2.24) is 24.1 Å². The summed E-state index contributed by atoms with van der Waals surface area (Å²) in [6.07, 6.45) is 4.00. The predicted molar refractivity (Wildman–Crippen MR) is 101 cm³/mol. The van der Waals surface area contributed by atoms with E-state index in [-0.39, 0.29) is 12.4 Å². The Bertz CT molecular complexity index is 1010. The fourth-order valence-corrected chi connectivity index (χ4v) is 3.63. The van der Waals surface area contributed by atoms with Gasteiger partial charge in [-0.1, -0.05) is 17.8 Å². The van der Waals surface area contributed by atoms with Gasteiger partial charge in [0.15, 0.2) is 11.0 Å². The lowest BCUT2D eigenvalue weighted by molar-refractivity contribution is 0.288. The predicted octanol–water partition coefficient (Wildman–Crippen LogP) is 3.96. The van der Waals surface area contributed by atoms with Crippen molar-refractivity contribution in [3.05, 3.63) is 72.2 Å². The minimum atomic E-state index is -0.287. The van der Waals surface area contributed by atoms with E-state index in [1.807, 2.05) is 46.5 Å². The van der Waals surface area contributed by atoms with Crippen LogP contribution < -0.4 is 4.74 Å². The van der Waals surface area contributed by atoms with Gasteiger partial charge < -0.3 is 13.7 Å². The van der Waals surface area contributed by atoms with Crippen LogP contribution in [0.5, 0.6) is 5.75 Å². The maximum atomic E-state index is 13.0. The van der Waals surface area contributed by atoms with Gasteiger partial charge in [-0.2, -0.15) is 0 Å². The summed E-state index contributed by atoms with van der Waals surface area (Å²) in [6, 6.07) is 11.9. The Kier molecular flexibility index (Phi) is 5.06. The summed E-state index contributed by atoms with van der Waals surface area (Å²) in [7, 11) is 0. The number of hydrogen-bond acceptors (Lipinski definition) is 5. The van der Waals surface area contributed by atoms with Crippen LogP contribution in [0.25, 0.3) is 5.65 Å². The number of fused-ring (bicyclic) bond motifs is 1. The minimum absolute atomic E-state index is 0.279. The molecule has 0 atom stereocenters. The molecular formula is C19H18FN5OS. The highest BCUT2D eigenvalue weighted by Crippen LogP contribution is 2.22. The Morgan fingerprint density at radius 3 is 2.74 bits per heavy atom. The third-order valence-corrected chi connectivity index (χ3v) is 5.05. The highest BCUT2D eigenvalue weighted by Gasteiger charge is 2.13. The number of thioether (sulfide) groups is 1. The maximum Gasteiger partial charge on any atom is 0.191 e. The molecule has 27 heavy (non-hydrogen) atoms. The number of imidazole rings is 1. The summed E-state index contributed by atoms with van der Waals surface area (Å²) >= 11 is 1.59. The molecule has 0 amide bonds. The molecule has 138 valence electrons. The van der Waals surface area contributed by atoms with Crippen LogP contribution in [-0.2, 0) is 18.9 Å². The van der Waals surface area contributed by atoms with E-state index >= 15 is 0 Å². The van der Waals surface area contributed by atoms with Crippen LogP contribution in [0.4, 0.5) is 4.39 Å². The molecule has 1 aromatic carbocycles. The van der Waals surface area contributed by atoms with Gasteiger partial charge in [-0.05, 0) is 43.3 Å². The normalized spacial score (nSPS) is 11.2. The maximum absolute atomic E-state index is 13.0. The molecular weight excluding hydrogens is 365 g/mol. The summed E-state index contributed by atoms with van der Waals surface area (Å²) in [4.78, 5) is 4.60. The zero-order valence-corrected chi connectivity index (χ0v) is 15.6. The molecule has 0 aliphatic heterocycles. The molecule has 0 radical (unpaired) electrons. The molecule has 0 bridgehead atoms. The summed E-state index contributed by atoms with van der Waals surface area (Å²) in [5, 5.41) is 9.35. The fraction of sp³-hybridized carbons (Fsp3) is 0.211. The van der Waals surface area contributed by atoms with E-state index in [1.165, 1.54) is 12.1 Å². The van der Waals surface area contributed by atoms with Crippen molar-refractivity contribution in [2.45, 2.75) is 31.0 Å². The monoisotopic (exact) mass is 383 g/mol. The minimum Gasteiger partial charge on any atom is -0.486 e. The number of halogens is 1. The first kappa shape index (κ1) is 17.5. The van der Waals surface area contributed by atoms with Crippen molar-refractivity contribution in [2.24, 2.45) is 0 Å². The Labute approximate surface area is 160 Å². The molecule has 3 aromatic heterocycles. The first-order valence-corrected chi connectivity index (χ1v) is 9.57. The number of pyridine rings is 1. The van der Waals surface area contributed by atoms with E-state index in [2.05, 4.69) is 15.2 Å². The van der Waals surface area contributed by atoms with E-state index in [0.717, 1.165) is 28.9 Å². The lowest BCUT2D eigenvalue weighted by atomic mass is 10.3. The van der Waals surface area contributed by atoms with Crippen LogP contribution in [0.15, 0.2) is 60.0 Å². The van der Waals surface area contributed by atoms with Crippen molar-refractivity contribution in [3.8, 4) is 5.75 Å². The number of hydrogen-bond donors (Lipinski definition) is 0. The van der Waals surface area contributed by atoms with Crippen LogP contribution in [0.2, 0.25) is 0 Å². The lowest BCUT2D eigenvalue weighted by Gasteiger charge is -2.08. The van der Waals surface area contributed by atoms with Gasteiger partial charge >= 0.3 is 0 Å². The summed E-state index contributed by atoms with van der Waals surface area (Å²) in [5.74, 6) is 1.75. The number of ether oxygens (including phenoxy) is 1. The second-order valence-electron chi connectivity index (χ2n) is 5.87. The zero-order valence-electron chi connectivity index (χ0n) is 14.7. The van der Waals surface area contributed by atoms with Gasteiger partial charge in [0.1, 0.15) is 23.8 Å². The molecule has 0 N–H and O–H groups in total. The van der Waals surface area contributed by atoms with Gasteiger partial charge in [0.25, 0.3) is 0 Å². The Balaban J connectivity index is 1.43. The smallest absolute Gasteiger partial charge is 0.191 e. The first-order valence-electron chi connectivity index (χ1n) is 8.59. The van der Waals surface area contributed by atoms with Crippen molar-refractivity contribution < 1.29 is 9.13 Å².